The Morgan fingerprint density at radius 2 is 1.24 bits per heavy atom. The topological polar surface area (TPSA) is 118 Å². The Hall–Kier alpha value is -2.76. The van der Waals surface area contributed by atoms with Crippen molar-refractivity contribution >= 4 is 53.0 Å². The zero-order chi connectivity index (χ0) is 35.2. The van der Waals surface area contributed by atoms with E-state index in [0.717, 1.165) is 33.3 Å². The number of unbranched alkanes of at least 4 members (excludes halogenated alkanes) is 2. The van der Waals surface area contributed by atoms with Crippen LogP contribution in [-0.4, -0.2) is 44.0 Å². The molecule has 10 heteroatoms. The van der Waals surface area contributed by atoms with E-state index in [9.17, 15) is 25.9 Å². The van der Waals surface area contributed by atoms with Gasteiger partial charge in [-0.3, -0.25) is 0 Å². The van der Waals surface area contributed by atoms with E-state index in [1.807, 2.05) is 18.2 Å². The first kappa shape index (κ1) is 38.5. The van der Waals surface area contributed by atoms with Crippen molar-refractivity contribution in [2.75, 3.05) is 23.0 Å². The predicted molar refractivity (Wildman–Crippen MR) is 198 cm³/mol. The number of rotatable bonds is 12. The van der Waals surface area contributed by atoms with Gasteiger partial charge in [0.2, 0.25) is 0 Å². The van der Waals surface area contributed by atoms with Gasteiger partial charge in [-0.15, -0.1) is 0 Å². The predicted octanol–water partition coefficient (Wildman–Crippen LogP) is 5.32. The number of anilines is 1. The number of fused-ring (bicyclic) bond motifs is 6. The first-order valence-corrected chi connectivity index (χ1v) is 20.1. The van der Waals surface area contributed by atoms with Crippen LogP contribution in [0.3, 0.4) is 0 Å². The number of hydrogen-bond donors (Lipinski definition) is 0. The van der Waals surface area contributed by atoms with Gasteiger partial charge in [0.25, 0.3) is 0 Å². The fourth-order valence-electron chi connectivity index (χ4n) is 8.07. The van der Waals surface area contributed by atoms with Gasteiger partial charge in [-0.05, 0) is 93.6 Å². The molecule has 0 amide bonds. The third-order valence-electron chi connectivity index (χ3n) is 10.2. The van der Waals surface area contributed by atoms with Crippen molar-refractivity contribution in [1.82, 2.24) is 0 Å². The molecule has 0 unspecified atom stereocenters. The van der Waals surface area contributed by atoms with E-state index in [-0.39, 0.29) is 51.9 Å². The first-order valence-electron chi connectivity index (χ1n) is 16.9. The molecule has 4 aromatic rings. The Morgan fingerprint density at radius 3 is 1.86 bits per heavy atom. The van der Waals surface area contributed by atoms with Gasteiger partial charge in [0.15, 0.2) is 0 Å². The summed E-state index contributed by atoms with van der Waals surface area (Å²) in [7, 11) is -8.56. The van der Waals surface area contributed by atoms with Gasteiger partial charge in [0.1, 0.15) is 0 Å². The van der Waals surface area contributed by atoms with E-state index >= 15 is 0 Å². The average Bonchev–Trinajstić information content (AvgIpc) is 3.39. The molecule has 7 nitrogen and oxygen atoms in total. The number of hydrogen-bond acceptors (Lipinski definition) is 7. The summed E-state index contributed by atoms with van der Waals surface area (Å²) < 4.78 is 68.0. The summed E-state index contributed by atoms with van der Waals surface area (Å²) in [6.45, 7) is 9.48. The van der Waals surface area contributed by atoms with Gasteiger partial charge in [-0.25, -0.2) is 16.8 Å². The molecule has 0 saturated carbocycles. The Morgan fingerprint density at radius 1 is 0.680 bits per heavy atom. The second-order valence-corrected chi connectivity index (χ2v) is 17.3. The van der Waals surface area contributed by atoms with Crippen LogP contribution >= 0.6 is 0 Å². The molecule has 6 rings (SSSR count). The second kappa shape index (κ2) is 14.7. The van der Waals surface area contributed by atoms with Gasteiger partial charge in [0.05, 0.1) is 20.2 Å². The maximum Gasteiger partial charge on any atom is 1.00 e. The summed E-state index contributed by atoms with van der Waals surface area (Å²) in [5.41, 5.74) is 7.43. The summed E-state index contributed by atoms with van der Waals surface area (Å²) in [5, 5.41) is 4.68. The standard InChI is InChI=1S/C40H45NO6S2.Na/c1-39(2)34(32(18-9-11-26-48(42,43)44)33-23-21-28-14-5-7-16-30(28)37(33)39)19-13-20-36-40(3,4)38-31-17-8-6-15-29(31)22-24-35(38)41(36)25-10-12-27-49(45,46)47;/h5-8,13-17,19-24H,9-12,18,25-27H2,1-4H3,(H,42,43,44)(H,45,46,47);/q;+1/p-2. The molecule has 4 aromatic carbocycles. The molecule has 0 aromatic heterocycles. The molecule has 50 heavy (non-hydrogen) atoms. The monoisotopic (exact) mass is 720 g/mol. The zero-order valence-corrected chi connectivity index (χ0v) is 33.2. The van der Waals surface area contributed by atoms with Crippen LogP contribution in [0.5, 0.6) is 0 Å². The van der Waals surface area contributed by atoms with Crippen LogP contribution < -0.4 is 34.5 Å². The fraction of sp³-hybridized carbons (Fsp3) is 0.350. The molecule has 258 valence electrons. The van der Waals surface area contributed by atoms with E-state index in [2.05, 4.69) is 105 Å². The average molecular weight is 721 g/mol. The molecule has 1 aliphatic heterocycles. The van der Waals surface area contributed by atoms with Crippen molar-refractivity contribution in [3.05, 3.63) is 119 Å². The zero-order valence-electron chi connectivity index (χ0n) is 29.5. The summed E-state index contributed by atoms with van der Waals surface area (Å²) in [6, 6.07) is 25.3. The van der Waals surface area contributed by atoms with Crippen LogP contribution in [0, 0.1) is 0 Å². The van der Waals surface area contributed by atoms with E-state index in [1.54, 1.807) is 0 Å². The van der Waals surface area contributed by atoms with Crippen molar-refractivity contribution in [3.63, 3.8) is 0 Å². The molecular weight excluding hydrogens is 678 g/mol. The Balaban J connectivity index is 0.00000486. The van der Waals surface area contributed by atoms with Crippen LogP contribution in [0.1, 0.15) is 76.5 Å². The molecule has 2 aliphatic rings. The third kappa shape index (κ3) is 7.70. The Kier molecular flexibility index (Phi) is 11.3. The van der Waals surface area contributed by atoms with Crippen LogP contribution in [-0.2, 0) is 31.1 Å². The molecule has 0 bridgehead atoms. The van der Waals surface area contributed by atoms with Crippen molar-refractivity contribution in [2.45, 2.75) is 70.6 Å². The van der Waals surface area contributed by atoms with Crippen LogP contribution in [0.15, 0.2) is 102 Å². The summed E-state index contributed by atoms with van der Waals surface area (Å²) in [4.78, 5) is 2.27. The van der Waals surface area contributed by atoms with Crippen LogP contribution in [0.4, 0.5) is 5.69 Å². The molecule has 1 heterocycles. The van der Waals surface area contributed by atoms with Crippen LogP contribution in [0.2, 0.25) is 0 Å². The summed E-state index contributed by atoms with van der Waals surface area (Å²) in [6.07, 6.45) is 8.83. The first-order chi connectivity index (χ1) is 23.1. The SMILES string of the molecule is CC1(C)C(C=CC=C2N(CCCCS(=O)(=O)[O-])c3ccc4ccccc4c3C2(C)C)=C(CCCCS(=O)(=O)[O-])c2ccc3ccccc3c21.[Na+]. The van der Waals surface area contributed by atoms with Gasteiger partial charge in [-0.1, -0.05) is 107 Å². The quantitative estimate of drug-likeness (QED) is 0.111. The molecule has 0 N–H and O–H groups in total. The molecule has 0 spiro atoms. The maximum absolute atomic E-state index is 11.3. The fourth-order valence-corrected chi connectivity index (χ4v) is 9.19. The normalized spacial score (nSPS) is 17.6. The molecule has 0 fully saturated rings. The minimum atomic E-state index is -4.28. The van der Waals surface area contributed by atoms with E-state index in [1.165, 1.54) is 27.5 Å². The van der Waals surface area contributed by atoms with Crippen molar-refractivity contribution in [1.29, 1.82) is 0 Å². The number of nitrogens with zero attached hydrogens (tertiary/aromatic N) is 1. The summed E-state index contributed by atoms with van der Waals surface area (Å²) >= 11 is 0. The van der Waals surface area contributed by atoms with Gasteiger partial charge < -0.3 is 14.0 Å². The minimum Gasteiger partial charge on any atom is -0.748 e. The number of allylic oxidation sites excluding steroid dienone is 6. The molecular formula is C40H43NNaO6S2-. The Bertz CT molecular complexity index is 2250. The minimum absolute atomic E-state index is 0. The van der Waals surface area contributed by atoms with Gasteiger partial charge in [0, 0.05) is 40.3 Å². The molecule has 0 radical (unpaired) electrons. The largest absolute Gasteiger partial charge is 1.00 e. The van der Waals surface area contributed by atoms with Crippen molar-refractivity contribution < 1.29 is 55.5 Å². The van der Waals surface area contributed by atoms with E-state index in [4.69, 9.17) is 0 Å². The third-order valence-corrected chi connectivity index (χ3v) is 11.8. The smallest absolute Gasteiger partial charge is 0.748 e. The second-order valence-electron chi connectivity index (χ2n) is 14.3. The van der Waals surface area contributed by atoms with E-state index in [0.29, 0.717) is 38.6 Å². The van der Waals surface area contributed by atoms with Crippen LogP contribution in [0.25, 0.3) is 27.1 Å². The van der Waals surface area contributed by atoms with Gasteiger partial charge in [-0.2, -0.15) is 0 Å². The van der Waals surface area contributed by atoms with Gasteiger partial charge >= 0.3 is 29.6 Å². The van der Waals surface area contributed by atoms with Crippen molar-refractivity contribution in [2.24, 2.45) is 0 Å². The van der Waals surface area contributed by atoms with Crippen molar-refractivity contribution in [3.8, 4) is 0 Å². The van der Waals surface area contributed by atoms with E-state index < -0.39 is 20.2 Å². The Labute approximate surface area is 319 Å². The molecule has 1 aliphatic carbocycles. The molecule has 0 atom stereocenters. The molecule has 0 saturated heterocycles. The summed E-state index contributed by atoms with van der Waals surface area (Å²) in [5.74, 6) is -0.748. The number of benzene rings is 4. The maximum atomic E-state index is 11.3.